The summed E-state index contributed by atoms with van der Waals surface area (Å²) in [5.41, 5.74) is 4.17. The van der Waals surface area contributed by atoms with E-state index in [2.05, 4.69) is 19.5 Å². The summed E-state index contributed by atoms with van der Waals surface area (Å²) in [5.74, 6) is 1.26. The fourth-order valence-corrected chi connectivity index (χ4v) is 2.49. The largest absolute Gasteiger partial charge is 0.311 e. The summed E-state index contributed by atoms with van der Waals surface area (Å²) in [6, 6.07) is 6.09. The highest BCUT2D eigenvalue weighted by molar-refractivity contribution is 6.16. The van der Waals surface area contributed by atoms with E-state index in [1.165, 1.54) is 5.56 Å². The number of imidazole rings is 1. The average Bonchev–Trinajstić information content (AvgIpc) is 2.83. The summed E-state index contributed by atoms with van der Waals surface area (Å²) >= 11 is 6.00. The lowest BCUT2D eigenvalue weighted by molar-refractivity contribution is 0.682. The summed E-state index contributed by atoms with van der Waals surface area (Å²) < 4.78 is 2.10. The standard InChI is InChI=1S/C15H15ClN4/c1-11-8-13-15(18-10-11)20(14(9-16)19-13)7-4-12-2-5-17-6-3-12/h2-3,5-6,8,10H,4,7,9H2,1H3. The van der Waals surface area contributed by atoms with Crippen molar-refractivity contribution >= 4 is 22.8 Å². The van der Waals surface area contributed by atoms with Gasteiger partial charge in [-0.3, -0.25) is 4.98 Å². The van der Waals surface area contributed by atoms with Crippen molar-refractivity contribution in [3.05, 3.63) is 53.7 Å². The molecule has 3 aromatic rings. The minimum absolute atomic E-state index is 0.395. The van der Waals surface area contributed by atoms with Gasteiger partial charge in [0.1, 0.15) is 11.3 Å². The van der Waals surface area contributed by atoms with Crippen LogP contribution in [0.25, 0.3) is 11.2 Å². The first kappa shape index (κ1) is 13.1. The van der Waals surface area contributed by atoms with Gasteiger partial charge in [0.05, 0.1) is 5.88 Å². The van der Waals surface area contributed by atoms with Crippen molar-refractivity contribution in [1.82, 2.24) is 19.5 Å². The van der Waals surface area contributed by atoms with Gasteiger partial charge >= 0.3 is 0 Å². The Labute approximate surface area is 122 Å². The summed E-state index contributed by atoms with van der Waals surface area (Å²) in [7, 11) is 0. The number of pyridine rings is 2. The Balaban J connectivity index is 1.93. The molecular formula is C15H15ClN4. The number of halogens is 1. The van der Waals surface area contributed by atoms with E-state index in [-0.39, 0.29) is 0 Å². The molecule has 0 unspecified atom stereocenters. The lowest BCUT2D eigenvalue weighted by atomic mass is 10.2. The van der Waals surface area contributed by atoms with Crippen LogP contribution in [0.1, 0.15) is 17.0 Å². The highest BCUT2D eigenvalue weighted by Crippen LogP contribution is 2.17. The third kappa shape index (κ3) is 2.51. The maximum absolute atomic E-state index is 6.00. The molecule has 0 fully saturated rings. The number of alkyl halides is 1. The van der Waals surface area contributed by atoms with Crippen LogP contribution in [-0.2, 0) is 18.8 Å². The summed E-state index contributed by atoms with van der Waals surface area (Å²) in [6.07, 6.45) is 6.40. The first-order chi connectivity index (χ1) is 9.78. The third-order valence-electron chi connectivity index (χ3n) is 3.29. The molecule has 3 heterocycles. The second-order valence-electron chi connectivity index (χ2n) is 4.77. The Morgan fingerprint density at radius 3 is 2.80 bits per heavy atom. The van der Waals surface area contributed by atoms with E-state index in [9.17, 15) is 0 Å². The molecular weight excluding hydrogens is 272 g/mol. The van der Waals surface area contributed by atoms with Gasteiger partial charge in [0.25, 0.3) is 0 Å². The molecule has 0 saturated carbocycles. The second-order valence-corrected chi connectivity index (χ2v) is 5.04. The lowest BCUT2D eigenvalue weighted by Gasteiger charge is -2.07. The molecule has 5 heteroatoms. The first-order valence-corrected chi connectivity index (χ1v) is 7.08. The zero-order valence-corrected chi connectivity index (χ0v) is 12.0. The summed E-state index contributed by atoms with van der Waals surface area (Å²) in [5, 5.41) is 0. The Bertz CT molecular complexity index is 721. The fourth-order valence-electron chi connectivity index (χ4n) is 2.29. The van der Waals surface area contributed by atoms with Crippen molar-refractivity contribution in [3.8, 4) is 0 Å². The molecule has 0 atom stereocenters. The Hall–Kier alpha value is -1.94. The topological polar surface area (TPSA) is 43.6 Å². The maximum Gasteiger partial charge on any atom is 0.160 e. The van der Waals surface area contributed by atoms with Crippen LogP contribution in [0.4, 0.5) is 0 Å². The van der Waals surface area contributed by atoms with Crippen molar-refractivity contribution in [2.45, 2.75) is 25.8 Å². The van der Waals surface area contributed by atoms with E-state index >= 15 is 0 Å². The summed E-state index contributed by atoms with van der Waals surface area (Å²) in [4.78, 5) is 13.1. The second kappa shape index (κ2) is 5.59. The highest BCUT2D eigenvalue weighted by atomic mass is 35.5. The van der Waals surface area contributed by atoms with E-state index in [1.807, 2.05) is 43.7 Å². The number of aromatic nitrogens is 4. The van der Waals surface area contributed by atoms with Crippen LogP contribution in [0.5, 0.6) is 0 Å². The van der Waals surface area contributed by atoms with Gasteiger partial charge in [-0.05, 0) is 42.7 Å². The van der Waals surface area contributed by atoms with Gasteiger partial charge in [0, 0.05) is 25.1 Å². The predicted molar refractivity (Wildman–Crippen MR) is 79.8 cm³/mol. The van der Waals surface area contributed by atoms with E-state index in [0.29, 0.717) is 5.88 Å². The highest BCUT2D eigenvalue weighted by Gasteiger charge is 2.11. The maximum atomic E-state index is 6.00. The molecule has 4 nitrogen and oxygen atoms in total. The van der Waals surface area contributed by atoms with Crippen LogP contribution in [0.3, 0.4) is 0 Å². The van der Waals surface area contributed by atoms with E-state index in [4.69, 9.17) is 11.6 Å². The number of rotatable bonds is 4. The Morgan fingerprint density at radius 2 is 2.05 bits per heavy atom. The van der Waals surface area contributed by atoms with Crippen molar-refractivity contribution < 1.29 is 0 Å². The normalized spacial score (nSPS) is 11.1. The SMILES string of the molecule is Cc1cnc2c(c1)nc(CCl)n2CCc1ccncc1. The molecule has 102 valence electrons. The predicted octanol–water partition coefficient (Wildman–Crippen LogP) is 3.12. The molecule has 0 radical (unpaired) electrons. The Morgan fingerprint density at radius 1 is 1.25 bits per heavy atom. The van der Waals surface area contributed by atoms with E-state index in [1.54, 1.807) is 0 Å². The van der Waals surface area contributed by atoms with Gasteiger partial charge in [0.2, 0.25) is 0 Å². The molecule has 0 amide bonds. The molecule has 20 heavy (non-hydrogen) atoms. The number of hydrogen-bond acceptors (Lipinski definition) is 3. The van der Waals surface area contributed by atoms with Gasteiger partial charge in [-0.25, -0.2) is 9.97 Å². The number of nitrogens with zero attached hydrogens (tertiary/aromatic N) is 4. The fraction of sp³-hybridized carbons (Fsp3) is 0.267. The average molecular weight is 287 g/mol. The van der Waals surface area contributed by atoms with Gasteiger partial charge < -0.3 is 4.57 Å². The molecule has 0 saturated heterocycles. The van der Waals surface area contributed by atoms with Gasteiger partial charge in [0.15, 0.2) is 5.65 Å². The molecule has 0 aliphatic rings. The van der Waals surface area contributed by atoms with Crippen LogP contribution in [0, 0.1) is 6.92 Å². The van der Waals surface area contributed by atoms with Crippen molar-refractivity contribution in [2.75, 3.05) is 0 Å². The van der Waals surface area contributed by atoms with Crippen molar-refractivity contribution in [2.24, 2.45) is 0 Å². The molecule has 0 N–H and O–H groups in total. The zero-order chi connectivity index (χ0) is 13.9. The lowest BCUT2D eigenvalue weighted by Crippen LogP contribution is -2.06. The molecule has 0 spiro atoms. The number of aryl methyl sites for hydroxylation is 3. The van der Waals surface area contributed by atoms with Crippen molar-refractivity contribution in [1.29, 1.82) is 0 Å². The molecule has 3 rings (SSSR count). The minimum Gasteiger partial charge on any atom is -0.311 e. The molecule has 0 aliphatic heterocycles. The Kier molecular flexibility index (Phi) is 3.65. The molecule has 0 bridgehead atoms. The first-order valence-electron chi connectivity index (χ1n) is 6.54. The van der Waals surface area contributed by atoms with Gasteiger partial charge in [-0.15, -0.1) is 11.6 Å². The number of fused-ring (bicyclic) bond motifs is 1. The monoisotopic (exact) mass is 286 g/mol. The van der Waals surface area contributed by atoms with E-state index in [0.717, 1.165) is 35.5 Å². The quantitative estimate of drug-likeness (QED) is 0.692. The minimum atomic E-state index is 0.395. The summed E-state index contributed by atoms with van der Waals surface area (Å²) in [6.45, 7) is 2.83. The van der Waals surface area contributed by atoms with Crippen LogP contribution >= 0.6 is 11.6 Å². The van der Waals surface area contributed by atoms with Crippen LogP contribution in [0.15, 0.2) is 36.8 Å². The molecule has 3 aromatic heterocycles. The van der Waals surface area contributed by atoms with Crippen LogP contribution in [-0.4, -0.2) is 19.5 Å². The van der Waals surface area contributed by atoms with Crippen molar-refractivity contribution in [3.63, 3.8) is 0 Å². The zero-order valence-electron chi connectivity index (χ0n) is 11.3. The van der Waals surface area contributed by atoms with E-state index < -0.39 is 0 Å². The van der Waals surface area contributed by atoms with Crippen LogP contribution < -0.4 is 0 Å². The third-order valence-corrected chi connectivity index (χ3v) is 3.53. The van der Waals surface area contributed by atoms with Gasteiger partial charge in [-0.2, -0.15) is 0 Å². The van der Waals surface area contributed by atoms with Gasteiger partial charge in [-0.1, -0.05) is 0 Å². The number of hydrogen-bond donors (Lipinski definition) is 0. The molecule has 0 aliphatic carbocycles. The smallest absolute Gasteiger partial charge is 0.160 e. The van der Waals surface area contributed by atoms with Crippen LogP contribution in [0.2, 0.25) is 0 Å². The molecule has 0 aromatic carbocycles.